The summed E-state index contributed by atoms with van der Waals surface area (Å²) in [7, 11) is 0. The van der Waals surface area contributed by atoms with E-state index in [1.54, 1.807) is 36.4 Å². The summed E-state index contributed by atoms with van der Waals surface area (Å²) in [5, 5.41) is 13.7. The van der Waals surface area contributed by atoms with Crippen LogP contribution in [0, 0.1) is 32.1 Å². The maximum absolute atomic E-state index is 12.6. The van der Waals surface area contributed by atoms with E-state index in [2.05, 4.69) is 5.32 Å². The van der Waals surface area contributed by atoms with Crippen molar-refractivity contribution in [3.05, 3.63) is 85.6 Å². The van der Waals surface area contributed by atoms with E-state index < -0.39 is 5.91 Å². The maximum atomic E-state index is 12.6. The monoisotopic (exact) mass is 457 g/mol. The molecule has 30 heavy (non-hydrogen) atoms. The fraction of sp³-hybridized carbons (Fsp3) is 0.130. The summed E-state index contributed by atoms with van der Waals surface area (Å²) in [6.07, 6.45) is 1.57. The molecular formula is C23H18Cl3N3O. The SMILES string of the molecule is Cc1ccc(NC(=O)/C(C#N)=C/c2cc(C)n(-c3ccc(Cl)c(Cl)c3)c2C)cc1Cl. The van der Waals surface area contributed by atoms with Crippen LogP contribution >= 0.6 is 34.8 Å². The Morgan fingerprint density at radius 3 is 2.37 bits per heavy atom. The number of nitriles is 1. The molecule has 7 heteroatoms. The van der Waals surface area contributed by atoms with E-state index in [9.17, 15) is 10.1 Å². The lowest BCUT2D eigenvalue weighted by Crippen LogP contribution is -2.13. The normalized spacial score (nSPS) is 11.3. The van der Waals surface area contributed by atoms with Gasteiger partial charge in [-0.15, -0.1) is 0 Å². The topological polar surface area (TPSA) is 57.8 Å². The molecule has 0 saturated heterocycles. The number of halogens is 3. The predicted molar refractivity (Wildman–Crippen MR) is 124 cm³/mol. The molecule has 4 nitrogen and oxygen atoms in total. The minimum absolute atomic E-state index is 0.0129. The Labute approximate surface area is 190 Å². The fourth-order valence-corrected chi connectivity index (χ4v) is 3.60. The van der Waals surface area contributed by atoms with Gasteiger partial charge < -0.3 is 9.88 Å². The first-order valence-corrected chi connectivity index (χ1v) is 10.2. The number of aryl methyl sites for hydroxylation is 2. The molecule has 0 bridgehead atoms. The molecular weight excluding hydrogens is 441 g/mol. The number of aromatic nitrogens is 1. The second-order valence-electron chi connectivity index (χ2n) is 6.85. The van der Waals surface area contributed by atoms with E-state index in [4.69, 9.17) is 34.8 Å². The summed E-state index contributed by atoms with van der Waals surface area (Å²) in [5.74, 6) is -0.503. The van der Waals surface area contributed by atoms with Gasteiger partial charge in [0.2, 0.25) is 0 Å². The maximum Gasteiger partial charge on any atom is 0.266 e. The number of anilines is 1. The number of hydrogen-bond donors (Lipinski definition) is 1. The molecule has 0 fully saturated rings. The molecule has 152 valence electrons. The molecule has 1 amide bonds. The number of benzene rings is 2. The quantitative estimate of drug-likeness (QED) is 0.341. The van der Waals surface area contributed by atoms with Crippen molar-refractivity contribution in [1.82, 2.24) is 4.57 Å². The van der Waals surface area contributed by atoms with E-state index in [1.807, 2.05) is 43.5 Å². The summed E-state index contributed by atoms with van der Waals surface area (Å²) in [6, 6.07) is 14.4. The first kappa shape index (κ1) is 22.0. The van der Waals surface area contributed by atoms with Crippen LogP contribution in [0.15, 0.2) is 48.0 Å². The van der Waals surface area contributed by atoms with Crippen LogP contribution in [0.25, 0.3) is 11.8 Å². The Morgan fingerprint density at radius 2 is 1.73 bits per heavy atom. The van der Waals surface area contributed by atoms with E-state index in [-0.39, 0.29) is 5.57 Å². The highest BCUT2D eigenvalue weighted by Crippen LogP contribution is 2.28. The summed E-state index contributed by atoms with van der Waals surface area (Å²) in [6.45, 7) is 5.72. The van der Waals surface area contributed by atoms with E-state index >= 15 is 0 Å². The molecule has 0 aliphatic heterocycles. The summed E-state index contributed by atoms with van der Waals surface area (Å²) in [4.78, 5) is 12.6. The zero-order valence-corrected chi connectivity index (χ0v) is 18.8. The fourth-order valence-electron chi connectivity index (χ4n) is 3.13. The van der Waals surface area contributed by atoms with Crippen molar-refractivity contribution in [1.29, 1.82) is 5.26 Å². The van der Waals surface area contributed by atoms with Gasteiger partial charge in [0, 0.05) is 27.8 Å². The molecule has 0 radical (unpaired) electrons. The average molecular weight is 459 g/mol. The molecule has 0 atom stereocenters. The lowest BCUT2D eigenvalue weighted by atomic mass is 10.1. The Morgan fingerprint density at radius 1 is 1.00 bits per heavy atom. The van der Waals surface area contributed by atoms with Crippen LogP contribution < -0.4 is 5.32 Å². The van der Waals surface area contributed by atoms with Gasteiger partial charge >= 0.3 is 0 Å². The number of rotatable bonds is 4. The molecule has 0 saturated carbocycles. The second-order valence-corrected chi connectivity index (χ2v) is 8.07. The third-order valence-corrected chi connectivity index (χ3v) is 5.87. The van der Waals surface area contributed by atoms with Gasteiger partial charge in [-0.3, -0.25) is 4.79 Å². The molecule has 3 rings (SSSR count). The highest BCUT2D eigenvalue weighted by atomic mass is 35.5. The zero-order chi connectivity index (χ0) is 22.0. The molecule has 0 aliphatic rings. The molecule has 1 heterocycles. The van der Waals surface area contributed by atoms with Crippen LogP contribution in [-0.4, -0.2) is 10.5 Å². The highest BCUT2D eigenvalue weighted by Gasteiger charge is 2.15. The van der Waals surface area contributed by atoms with Crippen molar-refractivity contribution >= 4 is 52.5 Å². The van der Waals surface area contributed by atoms with Crippen molar-refractivity contribution in [2.24, 2.45) is 0 Å². The molecule has 0 spiro atoms. The van der Waals surface area contributed by atoms with Crippen LogP contribution in [0.4, 0.5) is 5.69 Å². The second kappa shape index (κ2) is 8.97. The van der Waals surface area contributed by atoms with Gasteiger partial charge in [0.25, 0.3) is 5.91 Å². The first-order valence-electron chi connectivity index (χ1n) is 9.05. The third kappa shape index (κ3) is 4.55. The van der Waals surface area contributed by atoms with Crippen molar-refractivity contribution in [2.45, 2.75) is 20.8 Å². The van der Waals surface area contributed by atoms with Crippen molar-refractivity contribution < 1.29 is 4.79 Å². The number of carbonyl (C=O) groups is 1. The molecule has 1 N–H and O–H groups in total. The number of nitrogens with zero attached hydrogens (tertiary/aromatic N) is 2. The number of hydrogen-bond acceptors (Lipinski definition) is 2. The smallest absolute Gasteiger partial charge is 0.266 e. The van der Waals surface area contributed by atoms with Gasteiger partial charge in [0.15, 0.2) is 0 Å². The average Bonchev–Trinajstić information content (AvgIpc) is 2.98. The van der Waals surface area contributed by atoms with Crippen LogP contribution in [-0.2, 0) is 4.79 Å². The molecule has 1 aromatic heterocycles. The van der Waals surface area contributed by atoms with Crippen molar-refractivity contribution in [2.75, 3.05) is 5.32 Å². The minimum Gasteiger partial charge on any atom is -0.321 e. The molecule has 3 aromatic rings. The highest BCUT2D eigenvalue weighted by molar-refractivity contribution is 6.42. The lowest BCUT2D eigenvalue weighted by molar-refractivity contribution is -0.112. The Balaban J connectivity index is 1.94. The van der Waals surface area contributed by atoms with Gasteiger partial charge in [-0.05, 0) is 74.4 Å². The summed E-state index contributed by atoms with van der Waals surface area (Å²) < 4.78 is 1.99. The largest absolute Gasteiger partial charge is 0.321 e. The van der Waals surface area contributed by atoms with Gasteiger partial charge in [-0.1, -0.05) is 40.9 Å². The summed E-state index contributed by atoms with van der Waals surface area (Å²) in [5.41, 5.74) is 4.81. The van der Waals surface area contributed by atoms with E-state index in [0.29, 0.717) is 20.8 Å². The number of carbonyl (C=O) groups excluding carboxylic acids is 1. The molecule has 0 aliphatic carbocycles. The van der Waals surface area contributed by atoms with E-state index in [0.717, 1.165) is 28.2 Å². The minimum atomic E-state index is -0.503. The number of nitrogens with one attached hydrogen (secondary N) is 1. The van der Waals surface area contributed by atoms with Gasteiger partial charge in [0.1, 0.15) is 11.6 Å². The van der Waals surface area contributed by atoms with Gasteiger partial charge in [0.05, 0.1) is 10.0 Å². The Hall–Kier alpha value is -2.71. The zero-order valence-electron chi connectivity index (χ0n) is 16.6. The first-order chi connectivity index (χ1) is 14.2. The summed E-state index contributed by atoms with van der Waals surface area (Å²) >= 11 is 18.3. The Kier molecular flexibility index (Phi) is 6.58. The molecule has 2 aromatic carbocycles. The number of amides is 1. The lowest BCUT2D eigenvalue weighted by Gasteiger charge is -2.11. The predicted octanol–water partition coefficient (Wildman–Crippen LogP) is 6.91. The third-order valence-electron chi connectivity index (χ3n) is 4.73. The van der Waals surface area contributed by atoms with Crippen LogP contribution in [0.1, 0.15) is 22.5 Å². The van der Waals surface area contributed by atoms with Crippen molar-refractivity contribution in [3.63, 3.8) is 0 Å². The van der Waals surface area contributed by atoms with E-state index in [1.165, 1.54) is 0 Å². The van der Waals surface area contributed by atoms with Gasteiger partial charge in [-0.2, -0.15) is 5.26 Å². The molecule has 0 unspecified atom stereocenters. The standard InChI is InChI=1S/C23H18Cl3N3O/c1-13-4-5-18(10-21(13)25)28-23(30)17(12-27)9-16-8-14(2)29(15(16)3)19-6-7-20(24)22(26)11-19/h4-11H,1-3H3,(H,28,30)/b17-9+. The van der Waals surface area contributed by atoms with Crippen LogP contribution in [0.5, 0.6) is 0 Å². The van der Waals surface area contributed by atoms with Crippen molar-refractivity contribution in [3.8, 4) is 11.8 Å². The Bertz CT molecular complexity index is 1220. The van der Waals surface area contributed by atoms with Crippen LogP contribution in [0.2, 0.25) is 15.1 Å². The van der Waals surface area contributed by atoms with Crippen LogP contribution in [0.3, 0.4) is 0 Å². The van der Waals surface area contributed by atoms with Gasteiger partial charge in [-0.25, -0.2) is 0 Å².